The van der Waals surface area contributed by atoms with Crippen molar-refractivity contribution in [3.05, 3.63) is 29.6 Å². The summed E-state index contributed by atoms with van der Waals surface area (Å²) in [7, 11) is 0. The van der Waals surface area contributed by atoms with E-state index in [1.54, 1.807) is 6.92 Å². The SMILES string of the molecule is CC(CCCN)C(=O)Nc1ccc(F)c(F)c1F. The average Bonchev–Trinajstić information content (AvgIpc) is 2.36. The monoisotopic (exact) mass is 260 g/mol. The minimum Gasteiger partial charge on any atom is -0.330 e. The van der Waals surface area contributed by atoms with Gasteiger partial charge < -0.3 is 11.1 Å². The van der Waals surface area contributed by atoms with Crippen LogP contribution in [0.2, 0.25) is 0 Å². The van der Waals surface area contributed by atoms with Crippen LogP contribution in [-0.4, -0.2) is 12.5 Å². The molecule has 0 aliphatic heterocycles. The molecule has 18 heavy (non-hydrogen) atoms. The molecule has 0 aromatic heterocycles. The molecule has 3 N–H and O–H groups in total. The van der Waals surface area contributed by atoms with Gasteiger partial charge >= 0.3 is 0 Å². The highest BCUT2D eigenvalue weighted by Gasteiger charge is 2.18. The van der Waals surface area contributed by atoms with Crippen LogP contribution >= 0.6 is 0 Å². The lowest BCUT2D eigenvalue weighted by atomic mass is 10.0. The molecule has 1 aromatic rings. The second-order valence-electron chi connectivity index (χ2n) is 4.04. The predicted octanol–water partition coefficient (Wildman–Crippen LogP) is 2.42. The quantitative estimate of drug-likeness (QED) is 0.799. The molecule has 6 heteroatoms. The van der Waals surface area contributed by atoms with Gasteiger partial charge in [-0.25, -0.2) is 13.2 Å². The van der Waals surface area contributed by atoms with Crippen molar-refractivity contribution in [2.75, 3.05) is 11.9 Å². The van der Waals surface area contributed by atoms with Gasteiger partial charge in [-0.1, -0.05) is 6.92 Å². The van der Waals surface area contributed by atoms with Crippen LogP contribution in [0.25, 0.3) is 0 Å². The van der Waals surface area contributed by atoms with E-state index in [1.807, 2.05) is 0 Å². The summed E-state index contributed by atoms with van der Waals surface area (Å²) in [4.78, 5) is 11.6. The topological polar surface area (TPSA) is 55.1 Å². The number of halogens is 3. The van der Waals surface area contributed by atoms with Crippen LogP contribution in [0.4, 0.5) is 18.9 Å². The third-order valence-corrected chi connectivity index (χ3v) is 2.58. The van der Waals surface area contributed by atoms with Gasteiger partial charge in [0, 0.05) is 5.92 Å². The summed E-state index contributed by atoms with van der Waals surface area (Å²) in [6.07, 6.45) is 1.21. The summed E-state index contributed by atoms with van der Waals surface area (Å²) >= 11 is 0. The van der Waals surface area contributed by atoms with Crippen molar-refractivity contribution in [1.82, 2.24) is 0 Å². The number of amides is 1. The van der Waals surface area contributed by atoms with Crippen LogP contribution in [0.1, 0.15) is 19.8 Å². The Bertz CT molecular complexity index is 438. The molecule has 0 aliphatic carbocycles. The molecule has 0 aliphatic rings. The molecule has 1 amide bonds. The second-order valence-corrected chi connectivity index (χ2v) is 4.04. The molecule has 1 unspecified atom stereocenters. The van der Waals surface area contributed by atoms with Gasteiger partial charge in [-0.2, -0.15) is 0 Å². The molecular weight excluding hydrogens is 245 g/mol. The molecule has 0 saturated carbocycles. The Morgan fingerprint density at radius 1 is 1.33 bits per heavy atom. The predicted molar refractivity (Wildman–Crippen MR) is 62.4 cm³/mol. The summed E-state index contributed by atoms with van der Waals surface area (Å²) in [5.41, 5.74) is 4.94. The van der Waals surface area contributed by atoms with Crippen molar-refractivity contribution in [2.24, 2.45) is 11.7 Å². The van der Waals surface area contributed by atoms with Gasteiger partial charge in [0.15, 0.2) is 17.5 Å². The smallest absolute Gasteiger partial charge is 0.227 e. The maximum Gasteiger partial charge on any atom is 0.227 e. The Labute approximate surface area is 103 Å². The molecule has 0 bridgehead atoms. The highest BCUT2D eigenvalue weighted by atomic mass is 19.2. The van der Waals surface area contributed by atoms with Crippen LogP contribution in [0.5, 0.6) is 0 Å². The van der Waals surface area contributed by atoms with E-state index in [1.165, 1.54) is 0 Å². The summed E-state index contributed by atoms with van der Waals surface area (Å²) in [6.45, 7) is 2.11. The molecule has 0 fully saturated rings. The molecule has 1 atom stereocenters. The molecule has 0 heterocycles. The van der Waals surface area contributed by atoms with Crippen molar-refractivity contribution >= 4 is 11.6 Å². The molecule has 100 valence electrons. The first-order valence-electron chi connectivity index (χ1n) is 5.61. The maximum absolute atomic E-state index is 13.3. The van der Waals surface area contributed by atoms with Gasteiger partial charge in [0.2, 0.25) is 5.91 Å². The zero-order chi connectivity index (χ0) is 13.7. The van der Waals surface area contributed by atoms with Crippen molar-refractivity contribution in [2.45, 2.75) is 19.8 Å². The van der Waals surface area contributed by atoms with Crippen LogP contribution in [0.15, 0.2) is 12.1 Å². The Morgan fingerprint density at radius 3 is 2.61 bits per heavy atom. The third-order valence-electron chi connectivity index (χ3n) is 2.58. The molecule has 0 saturated heterocycles. The Balaban J connectivity index is 2.73. The van der Waals surface area contributed by atoms with Gasteiger partial charge in [-0.15, -0.1) is 0 Å². The van der Waals surface area contributed by atoms with Crippen LogP contribution < -0.4 is 11.1 Å². The fraction of sp³-hybridized carbons (Fsp3) is 0.417. The number of anilines is 1. The first-order valence-corrected chi connectivity index (χ1v) is 5.61. The third kappa shape index (κ3) is 3.46. The summed E-state index contributed by atoms with van der Waals surface area (Å²) < 4.78 is 38.9. The zero-order valence-electron chi connectivity index (χ0n) is 9.97. The van der Waals surface area contributed by atoms with Gasteiger partial charge in [0.1, 0.15) is 0 Å². The normalized spacial score (nSPS) is 12.3. The number of nitrogens with two attached hydrogens (primary N) is 1. The number of nitrogens with one attached hydrogen (secondary N) is 1. The summed E-state index contributed by atoms with van der Waals surface area (Å²) in [6, 6.07) is 1.75. The Kier molecular flexibility index (Phi) is 5.15. The van der Waals surface area contributed by atoms with Crippen molar-refractivity contribution in [1.29, 1.82) is 0 Å². The minimum absolute atomic E-state index is 0.363. The van der Waals surface area contributed by atoms with Gasteiger partial charge in [-0.3, -0.25) is 4.79 Å². The largest absolute Gasteiger partial charge is 0.330 e. The lowest BCUT2D eigenvalue weighted by Gasteiger charge is -2.12. The fourth-order valence-corrected chi connectivity index (χ4v) is 1.43. The molecule has 3 nitrogen and oxygen atoms in total. The van der Waals surface area contributed by atoms with E-state index in [2.05, 4.69) is 5.32 Å². The highest BCUT2D eigenvalue weighted by Crippen LogP contribution is 2.20. The van der Waals surface area contributed by atoms with Crippen molar-refractivity contribution < 1.29 is 18.0 Å². The van der Waals surface area contributed by atoms with Crippen LogP contribution in [-0.2, 0) is 4.79 Å². The second kappa shape index (κ2) is 6.39. The number of hydrogen-bond acceptors (Lipinski definition) is 2. The van der Waals surface area contributed by atoms with Crippen molar-refractivity contribution in [3.63, 3.8) is 0 Å². The van der Waals surface area contributed by atoms with E-state index in [4.69, 9.17) is 5.73 Å². The Hall–Kier alpha value is -1.56. The first kappa shape index (κ1) is 14.5. The Morgan fingerprint density at radius 2 is 2.00 bits per heavy atom. The first-order chi connectivity index (χ1) is 8.47. The van der Waals surface area contributed by atoms with E-state index in [9.17, 15) is 18.0 Å². The van der Waals surface area contributed by atoms with E-state index >= 15 is 0 Å². The van der Waals surface area contributed by atoms with Crippen LogP contribution in [0.3, 0.4) is 0 Å². The maximum atomic E-state index is 13.3. The summed E-state index contributed by atoms with van der Waals surface area (Å²) in [5, 5.41) is 2.23. The summed E-state index contributed by atoms with van der Waals surface area (Å²) in [5.74, 6) is -5.10. The lowest BCUT2D eigenvalue weighted by Crippen LogP contribution is -2.22. The lowest BCUT2D eigenvalue weighted by molar-refractivity contribution is -0.119. The highest BCUT2D eigenvalue weighted by molar-refractivity contribution is 5.92. The van der Waals surface area contributed by atoms with Gasteiger partial charge in [0.25, 0.3) is 0 Å². The van der Waals surface area contributed by atoms with Gasteiger partial charge in [0.05, 0.1) is 5.69 Å². The van der Waals surface area contributed by atoms with Gasteiger partial charge in [-0.05, 0) is 31.5 Å². The van der Waals surface area contributed by atoms with Crippen molar-refractivity contribution in [3.8, 4) is 0 Å². The molecule has 1 aromatic carbocycles. The van der Waals surface area contributed by atoms with E-state index in [0.717, 1.165) is 12.1 Å². The number of hydrogen-bond donors (Lipinski definition) is 2. The zero-order valence-corrected chi connectivity index (χ0v) is 9.97. The minimum atomic E-state index is -1.59. The standard InChI is InChI=1S/C12H15F3N2O/c1-7(3-2-6-16)12(18)17-9-5-4-8(13)10(14)11(9)15/h4-5,7H,2-3,6,16H2,1H3,(H,17,18). The fourth-order valence-electron chi connectivity index (χ4n) is 1.43. The van der Waals surface area contributed by atoms with Crippen LogP contribution in [0, 0.1) is 23.4 Å². The average molecular weight is 260 g/mol. The van der Waals surface area contributed by atoms with E-state index < -0.39 is 23.4 Å². The number of benzene rings is 1. The number of rotatable bonds is 5. The molecule has 0 spiro atoms. The molecule has 1 rings (SSSR count). The number of carbonyl (C=O) groups is 1. The van der Waals surface area contributed by atoms with E-state index in [0.29, 0.717) is 19.4 Å². The molecule has 0 radical (unpaired) electrons. The van der Waals surface area contributed by atoms with E-state index in [-0.39, 0.29) is 11.6 Å². The number of carbonyl (C=O) groups excluding carboxylic acids is 1. The molecular formula is C12H15F3N2O.